The lowest BCUT2D eigenvalue weighted by Crippen LogP contribution is -2.20. The summed E-state index contributed by atoms with van der Waals surface area (Å²) in [5.74, 6) is 1.61. The van der Waals surface area contributed by atoms with Crippen molar-refractivity contribution >= 4 is 11.6 Å². The molecule has 0 saturated heterocycles. The molecule has 0 saturated carbocycles. The predicted molar refractivity (Wildman–Crippen MR) is 89.6 cm³/mol. The Labute approximate surface area is 136 Å². The molecule has 5 heteroatoms. The summed E-state index contributed by atoms with van der Waals surface area (Å²) in [4.78, 5) is 12.1. The van der Waals surface area contributed by atoms with Crippen molar-refractivity contribution < 1.29 is 19.0 Å². The second-order valence-corrected chi connectivity index (χ2v) is 5.23. The van der Waals surface area contributed by atoms with E-state index in [9.17, 15) is 4.79 Å². The van der Waals surface area contributed by atoms with Gasteiger partial charge in [-0.25, -0.2) is 0 Å². The van der Waals surface area contributed by atoms with Crippen LogP contribution in [0.5, 0.6) is 17.2 Å². The van der Waals surface area contributed by atoms with Gasteiger partial charge in [0.25, 0.3) is 5.91 Å². The summed E-state index contributed by atoms with van der Waals surface area (Å²) >= 11 is 0. The normalized spacial score (nSPS) is 10.1. The van der Waals surface area contributed by atoms with Gasteiger partial charge in [0, 0.05) is 6.07 Å². The minimum atomic E-state index is -0.257. The molecule has 0 atom stereocenters. The van der Waals surface area contributed by atoms with E-state index in [4.69, 9.17) is 14.2 Å². The molecule has 0 bridgehead atoms. The number of rotatable bonds is 6. The third kappa shape index (κ3) is 4.64. The van der Waals surface area contributed by atoms with Crippen molar-refractivity contribution in [2.45, 2.75) is 13.8 Å². The monoisotopic (exact) mass is 315 g/mol. The summed E-state index contributed by atoms with van der Waals surface area (Å²) in [6.45, 7) is 3.91. The highest BCUT2D eigenvalue weighted by Crippen LogP contribution is 2.29. The van der Waals surface area contributed by atoms with Crippen LogP contribution < -0.4 is 19.5 Å². The van der Waals surface area contributed by atoms with Crippen LogP contribution in [0, 0.1) is 13.8 Å². The fraction of sp³-hybridized carbons (Fsp3) is 0.278. The summed E-state index contributed by atoms with van der Waals surface area (Å²) in [6.07, 6.45) is 0. The molecule has 1 amide bonds. The average molecular weight is 315 g/mol. The van der Waals surface area contributed by atoms with Gasteiger partial charge in [-0.1, -0.05) is 6.07 Å². The summed E-state index contributed by atoms with van der Waals surface area (Å²) in [7, 11) is 3.11. The standard InChI is InChI=1S/C18H21NO4/c1-12-7-13(2)9-15(8-12)23-11-18(20)19-16-6-5-14(21-3)10-17(16)22-4/h5-10H,11H2,1-4H3,(H,19,20). The molecule has 2 aromatic carbocycles. The molecular formula is C18H21NO4. The number of nitrogens with one attached hydrogen (secondary N) is 1. The zero-order valence-electron chi connectivity index (χ0n) is 13.8. The quantitative estimate of drug-likeness (QED) is 0.888. The van der Waals surface area contributed by atoms with E-state index in [0.29, 0.717) is 22.9 Å². The van der Waals surface area contributed by atoms with Crippen LogP contribution in [0.4, 0.5) is 5.69 Å². The molecule has 0 radical (unpaired) electrons. The number of methoxy groups -OCH3 is 2. The van der Waals surface area contributed by atoms with E-state index in [0.717, 1.165) is 11.1 Å². The number of carbonyl (C=O) groups excluding carboxylic acids is 1. The molecule has 0 unspecified atom stereocenters. The SMILES string of the molecule is COc1ccc(NC(=O)COc2cc(C)cc(C)c2)c(OC)c1. The minimum Gasteiger partial charge on any atom is -0.497 e. The zero-order chi connectivity index (χ0) is 16.8. The number of ether oxygens (including phenoxy) is 3. The maximum absolute atomic E-state index is 12.1. The van der Waals surface area contributed by atoms with Gasteiger partial charge < -0.3 is 19.5 Å². The van der Waals surface area contributed by atoms with E-state index in [1.807, 2.05) is 26.0 Å². The highest BCUT2D eigenvalue weighted by Gasteiger charge is 2.10. The Kier molecular flexibility index (Phi) is 5.46. The molecule has 2 aromatic rings. The Morgan fingerprint density at radius 1 is 0.957 bits per heavy atom. The van der Waals surface area contributed by atoms with E-state index in [2.05, 4.69) is 11.4 Å². The lowest BCUT2D eigenvalue weighted by Gasteiger charge is -2.12. The van der Waals surface area contributed by atoms with Crippen LogP contribution in [-0.2, 0) is 4.79 Å². The van der Waals surface area contributed by atoms with Crippen LogP contribution in [0.15, 0.2) is 36.4 Å². The molecule has 0 aromatic heterocycles. The number of anilines is 1. The van der Waals surface area contributed by atoms with Gasteiger partial charge in [-0.15, -0.1) is 0 Å². The van der Waals surface area contributed by atoms with Gasteiger partial charge in [-0.05, 0) is 49.2 Å². The summed E-state index contributed by atoms with van der Waals surface area (Å²) < 4.78 is 15.9. The first-order valence-corrected chi connectivity index (χ1v) is 7.25. The van der Waals surface area contributed by atoms with Gasteiger partial charge >= 0.3 is 0 Å². The molecule has 0 aliphatic heterocycles. The largest absolute Gasteiger partial charge is 0.497 e. The Morgan fingerprint density at radius 3 is 2.26 bits per heavy atom. The van der Waals surface area contributed by atoms with Crippen molar-refractivity contribution in [3.8, 4) is 17.2 Å². The molecule has 0 heterocycles. The van der Waals surface area contributed by atoms with Gasteiger partial charge in [-0.3, -0.25) is 4.79 Å². The Hall–Kier alpha value is -2.69. The number of benzene rings is 2. The topological polar surface area (TPSA) is 56.8 Å². The fourth-order valence-corrected chi connectivity index (χ4v) is 2.25. The summed E-state index contributed by atoms with van der Waals surface area (Å²) in [6, 6.07) is 11.0. The molecule has 1 N–H and O–H groups in total. The van der Waals surface area contributed by atoms with E-state index in [-0.39, 0.29) is 12.5 Å². The van der Waals surface area contributed by atoms with Gasteiger partial charge in [-0.2, -0.15) is 0 Å². The van der Waals surface area contributed by atoms with E-state index >= 15 is 0 Å². The third-order valence-corrected chi connectivity index (χ3v) is 3.25. The van der Waals surface area contributed by atoms with Crippen LogP contribution in [0.3, 0.4) is 0 Å². The maximum Gasteiger partial charge on any atom is 0.262 e. The minimum absolute atomic E-state index is 0.0714. The van der Waals surface area contributed by atoms with Crippen molar-refractivity contribution in [1.29, 1.82) is 0 Å². The van der Waals surface area contributed by atoms with E-state index < -0.39 is 0 Å². The van der Waals surface area contributed by atoms with Crippen molar-refractivity contribution in [1.82, 2.24) is 0 Å². The molecule has 2 rings (SSSR count). The molecule has 0 fully saturated rings. The van der Waals surface area contributed by atoms with Gasteiger partial charge in [0.15, 0.2) is 6.61 Å². The van der Waals surface area contributed by atoms with Crippen LogP contribution in [-0.4, -0.2) is 26.7 Å². The first kappa shape index (κ1) is 16.7. The number of hydrogen-bond acceptors (Lipinski definition) is 4. The lowest BCUT2D eigenvalue weighted by molar-refractivity contribution is -0.118. The first-order valence-electron chi connectivity index (χ1n) is 7.25. The molecule has 23 heavy (non-hydrogen) atoms. The summed E-state index contributed by atoms with van der Waals surface area (Å²) in [5, 5.41) is 2.77. The predicted octanol–water partition coefficient (Wildman–Crippen LogP) is 3.34. The van der Waals surface area contributed by atoms with Crippen LogP contribution in [0.25, 0.3) is 0 Å². The first-order chi connectivity index (χ1) is 11.0. The van der Waals surface area contributed by atoms with Crippen molar-refractivity contribution in [2.75, 3.05) is 26.1 Å². The number of carbonyl (C=O) groups is 1. The Balaban J connectivity index is 1.99. The van der Waals surface area contributed by atoms with Crippen molar-refractivity contribution in [2.24, 2.45) is 0 Å². The highest BCUT2D eigenvalue weighted by atomic mass is 16.5. The second-order valence-electron chi connectivity index (χ2n) is 5.23. The highest BCUT2D eigenvalue weighted by molar-refractivity contribution is 5.93. The van der Waals surface area contributed by atoms with E-state index in [1.54, 1.807) is 25.3 Å². The van der Waals surface area contributed by atoms with Crippen LogP contribution in [0.1, 0.15) is 11.1 Å². The molecule has 0 aliphatic carbocycles. The maximum atomic E-state index is 12.1. The van der Waals surface area contributed by atoms with Crippen LogP contribution >= 0.6 is 0 Å². The van der Waals surface area contributed by atoms with Crippen molar-refractivity contribution in [3.05, 3.63) is 47.5 Å². The van der Waals surface area contributed by atoms with E-state index in [1.165, 1.54) is 7.11 Å². The third-order valence-electron chi connectivity index (χ3n) is 3.25. The number of hydrogen-bond donors (Lipinski definition) is 1. The molecule has 122 valence electrons. The molecule has 0 spiro atoms. The summed E-state index contributed by atoms with van der Waals surface area (Å²) in [5.41, 5.74) is 2.76. The van der Waals surface area contributed by atoms with Gasteiger partial charge in [0.1, 0.15) is 17.2 Å². The zero-order valence-corrected chi connectivity index (χ0v) is 13.8. The Bertz CT molecular complexity index is 677. The smallest absolute Gasteiger partial charge is 0.262 e. The van der Waals surface area contributed by atoms with Crippen LogP contribution in [0.2, 0.25) is 0 Å². The average Bonchev–Trinajstić information content (AvgIpc) is 2.52. The number of aryl methyl sites for hydroxylation is 2. The van der Waals surface area contributed by atoms with Gasteiger partial charge in [0.2, 0.25) is 0 Å². The lowest BCUT2D eigenvalue weighted by atomic mass is 10.1. The van der Waals surface area contributed by atoms with Crippen molar-refractivity contribution in [3.63, 3.8) is 0 Å². The van der Waals surface area contributed by atoms with Gasteiger partial charge in [0.05, 0.1) is 19.9 Å². The molecule has 5 nitrogen and oxygen atoms in total. The second kappa shape index (κ2) is 7.54. The Morgan fingerprint density at radius 2 is 1.65 bits per heavy atom. The molecular weight excluding hydrogens is 294 g/mol. The fourth-order valence-electron chi connectivity index (χ4n) is 2.25. The number of amides is 1. The molecule has 0 aliphatic rings.